The second-order valence-corrected chi connectivity index (χ2v) is 8.08. The van der Waals surface area contributed by atoms with Crippen LogP contribution in [0.1, 0.15) is 30.1 Å². The molecule has 0 spiro atoms. The van der Waals surface area contributed by atoms with Gasteiger partial charge in [0, 0.05) is 25.2 Å². The number of carbonyl (C=O) groups is 3. The van der Waals surface area contributed by atoms with Crippen LogP contribution in [0.25, 0.3) is 0 Å². The molecule has 0 saturated heterocycles. The van der Waals surface area contributed by atoms with Crippen LogP contribution in [0.5, 0.6) is 11.5 Å². The molecule has 37 heavy (non-hydrogen) atoms. The van der Waals surface area contributed by atoms with Crippen LogP contribution in [0.4, 0.5) is 0 Å². The van der Waals surface area contributed by atoms with Crippen LogP contribution in [0.15, 0.2) is 30.9 Å². The van der Waals surface area contributed by atoms with Gasteiger partial charge in [-0.3, -0.25) is 14.5 Å². The molecule has 2 heterocycles. The van der Waals surface area contributed by atoms with E-state index < -0.39 is 36.4 Å². The Labute approximate surface area is 212 Å². The third-order valence-electron chi connectivity index (χ3n) is 5.36. The van der Waals surface area contributed by atoms with Crippen molar-refractivity contribution in [3.05, 3.63) is 48.1 Å². The van der Waals surface area contributed by atoms with Gasteiger partial charge in [-0.25, -0.2) is 4.79 Å². The fourth-order valence-corrected chi connectivity index (χ4v) is 3.63. The van der Waals surface area contributed by atoms with Gasteiger partial charge in [0.25, 0.3) is 0 Å². The highest BCUT2D eigenvalue weighted by atomic mass is 16.5. The molecule has 0 fully saturated rings. The number of aliphatic carboxylic acids is 3. The van der Waals surface area contributed by atoms with Gasteiger partial charge in [0.1, 0.15) is 19.0 Å². The average molecular weight is 523 g/mol. The Morgan fingerprint density at radius 1 is 1.14 bits per heavy atom. The Morgan fingerprint density at radius 3 is 2.35 bits per heavy atom. The smallest absolute Gasteiger partial charge is 0.336 e. The van der Waals surface area contributed by atoms with Crippen LogP contribution in [-0.2, 0) is 40.6 Å². The van der Waals surface area contributed by atoms with Crippen molar-refractivity contribution in [1.29, 1.82) is 0 Å². The highest BCUT2D eigenvalue weighted by molar-refractivity contribution is 5.88. The molecule has 0 unspecified atom stereocenters. The third-order valence-corrected chi connectivity index (χ3v) is 5.36. The molecular weight excluding hydrogens is 492 g/mol. The van der Waals surface area contributed by atoms with Crippen molar-refractivity contribution in [2.24, 2.45) is 0 Å². The first-order chi connectivity index (χ1) is 17.5. The summed E-state index contributed by atoms with van der Waals surface area (Å²) in [4.78, 5) is 32.8. The number of aliphatic hydroxyl groups is 2. The van der Waals surface area contributed by atoms with E-state index in [1.54, 1.807) is 13.2 Å². The quantitative estimate of drug-likeness (QED) is 0.235. The molecule has 0 atom stereocenters. The number of rotatable bonds is 12. The average Bonchev–Trinajstić information content (AvgIpc) is 3.24. The largest absolute Gasteiger partial charge is 0.493 e. The summed E-state index contributed by atoms with van der Waals surface area (Å²) in [5.74, 6) is -2.04. The number of hydrogen-bond donors (Lipinski definition) is 5. The fraction of sp³-hybridized carbons (Fsp3) is 0.435. The van der Waals surface area contributed by atoms with E-state index >= 15 is 0 Å². The second kappa shape index (κ2) is 13.3. The van der Waals surface area contributed by atoms with E-state index in [-0.39, 0.29) is 6.61 Å². The standard InChI is InChI=1S/C17H22N4O3.C6H8O7/c1-3-9-24-17-13(5-4-6-14(17)23-2)10-20-7-8-21-15(11-20)18-19-16(21)12-22;7-3(8)1-6(13,5(11)12)2-4(9)10/h3-6,22H,1,7-12H2,2H3;13H,1-2H2,(H,7,8)(H,9,10)(H,11,12). The summed E-state index contributed by atoms with van der Waals surface area (Å²) in [6, 6.07) is 5.90. The monoisotopic (exact) mass is 522 g/mol. The zero-order chi connectivity index (χ0) is 27.6. The minimum Gasteiger partial charge on any atom is -0.493 e. The van der Waals surface area contributed by atoms with E-state index in [0.717, 1.165) is 42.5 Å². The molecule has 5 N–H and O–H groups in total. The summed E-state index contributed by atoms with van der Waals surface area (Å²) >= 11 is 0. The molecule has 14 heteroatoms. The lowest BCUT2D eigenvalue weighted by Crippen LogP contribution is -2.42. The van der Waals surface area contributed by atoms with Crippen LogP contribution >= 0.6 is 0 Å². The summed E-state index contributed by atoms with van der Waals surface area (Å²) in [6.07, 6.45) is -0.570. The third kappa shape index (κ3) is 7.99. The summed E-state index contributed by atoms with van der Waals surface area (Å²) in [5.41, 5.74) is -1.68. The molecule has 14 nitrogen and oxygen atoms in total. The van der Waals surface area contributed by atoms with Gasteiger partial charge in [-0.15, -0.1) is 10.2 Å². The number of para-hydroxylation sites is 1. The molecule has 0 bridgehead atoms. The Kier molecular flexibility index (Phi) is 10.5. The Balaban J connectivity index is 0.000000317. The highest BCUT2D eigenvalue weighted by Gasteiger charge is 2.40. The van der Waals surface area contributed by atoms with Crippen molar-refractivity contribution in [2.75, 3.05) is 20.3 Å². The van der Waals surface area contributed by atoms with Crippen LogP contribution in [0.2, 0.25) is 0 Å². The van der Waals surface area contributed by atoms with Crippen molar-refractivity contribution >= 4 is 17.9 Å². The van der Waals surface area contributed by atoms with Crippen molar-refractivity contribution < 1.29 is 49.4 Å². The normalized spacial score (nSPS) is 13.1. The first-order valence-electron chi connectivity index (χ1n) is 11.1. The topological polar surface area (TPSA) is 205 Å². The Bertz CT molecular complexity index is 1100. The number of hydrogen-bond acceptors (Lipinski definition) is 10. The fourth-order valence-electron chi connectivity index (χ4n) is 3.63. The summed E-state index contributed by atoms with van der Waals surface area (Å²) < 4.78 is 13.2. The molecule has 0 saturated carbocycles. The molecule has 3 rings (SSSR count). The number of fused-ring (bicyclic) bond motifs is 1. The lowest BCUT2D eigenvalue weighted by molar-refractivity contribution is -0.170. The van der Waals surface area contributed by atoms with Gasteiger partial charge < -0.3 is 39.6 Å². The molecule has 0 radical (unpaired) electrons. The molecule has 1 aromatic carbocycles. The summed E-state index contributed by atoms with van der Waals surface area (Å²) in [7, 11) is 1.64. The minimum atomic E-state index is -2.74. The van der Waals surface area contributed by atoms with E-state index in [2.05, 4.69) is 21.7 Å². The van der Waals surface area contributed by atoms with Crippen LogP contribution in [0.3, 0.4) is 0 Å². The van der Waals surface area contributed by atoms with Gasteiger partial charge in [-0.2, -0.15) is 0 Å². The van der Waals surface area contributed by atoms with Crippen molar-refractivity contribution in [3.8, 4) is 11.5 Å². The van der Waals surface area contributed by atoms with Gasteiger partial charge in [-0.05, 0) is 6.07 Å². The minimum absolute atomic E-state index is 0.0809. The summed E-state index contributed by atoms with van der Waals surface area (Å²) in [6.45, 7) is 7.09. The number of nitrogens with zero attached hydrogens (tertiary/aromatic N) is 4. The molecule has 1 aromatic heterocycles. The predicted octanol–water partition coefficient (Wildman–Crippen LogP) is 0.111. The van der Waals surface area contributed by atoms with Gasteiger partial charge in [-0.1, -0.05) is 24.8 Å². The molecule has 1 aliphatic rings. The van der Waals surface area contributed by atoms with E-state index in [4.69, 9.17) is 29.9 Å². The van der Waals surface area contributed by atoms with Gasteiger partial charge in [0.05, 0.1) is 26.5 Å². The van der Waals surface area contributed by atoms with Crippen molar-refractivity contribution in [2.45, 2.75) is 44.7 Å². The zero-order valence-electron chi connectivity index (χ0n) is 20.2. The highest BCUT2D eigenvalue weighted by Crippen LogP contribution is 2.32. The van der Waals surface area contributed by atoms with E-state index in [0.29, 0.717) is 19.0 Å². The van der Waals surface area contributed by atoms with E-state index in [9.17, 15) is 19.5 Å². The Morgan fingerprint density at radius 2 is 1.81 bits per heavy atom. The van der Waals surface area contributed by atoms with E-state index in [1.165, 1.54) is 0 Å². The maximum Gasteiger partial charge on any atom is 0.336 e. The maximum atomic E-state index is 10.3. The number of methoxy groups -OCH3 is 1. The lowest BCUT2D eigenvalue weighted by Gasteiger charge is -2.28. The van der Waals surface area contributed by atoms with Crippen molar-refractivity contribution in [1.82, 2.24) is 19.7 Å². The first kappa shape index (κ1) is 29.2. The number of aromatic nitrogens is 3. The molecule has 202 valence electrons. The molecule has 2 aromatic rings. The summed E-state index contributed by atoms with van der Waals surface area (Å²) in [5, 5.41) is 51.3. The van der Waals surface area contributed by atoms with Gasteiger partial charge >= 0.3 is 17.9 Å². The molecule has 1 aliphatic heterocycles. The number of ether oxygens (including phenoxy) is 2. The number of carboxylic acids is 3. The van der Waals surface area contributed by atoms with Crippen LogP contribution < -0.4 is 9.47 Å². The SMILES string of the molecule is C=CCOc1c(CN2CCn3c(CO)nnc3C2)cccc1OC.O=C(O)CC(O)(CC(=O)O)C(=O)O. The van der Waals surface area contributed by atoms with Gasteiger partial charge in [0.2, 0.25) is 0 Å². The predicted molar refractivity (Wildman–Crippen MR) is 126 cm³/mol. The molecule has 0 aliphatic carbocycles. The van der Waals surface area contributed by atoms with Gasteiger partial charge in [0.15, 0.2) is 22.9 Å². The molecule has 0 amide bonds. The van der Waals surface area contributed by atoms with E-state index in [1.807, 2.05) is 22.8 Å². The van der Waals surface area contributed by atoms with Crippen LogP contribution in [-0.4, -0.2) is 89.0 Å². The Hall–Kier alpha value is -4.01. The van der Waals surface area contributed by atoms with Crippen molar-refractivity contribution in [3.63, 3.8) is 0 Å². The zero-order valence-corrected chi connectivity index (χ0v) is 20.2. The first-order valence-corrected chi connectivity index (χ1v) is 11.1. The second-order valence-electron chi connectivity index (χ2n) is 8.08. The number of carboxylic acid groups (broad SMARTS) is 3. The number of benzene rings is 1. The molecular formula is C23H30N4O10. The maximum absolute atomic E-state index is 10.3. The lowest BCUT2D eigenvalue weighted by atomic mass is 9.96. The number of aliphatic hydroxyl groups excluding tert-OH is 1. The van der Waals surface area contributed by atoms with Crippen LogP contribution in [0, 0.1) is 0 Å².